The molecule has 5 heteroatoms. The molecule has 3 aliphatic rings. The van der Waals surface area contributed by atoms with Crippen LogP contribution in [-0.4, -0.2) is 62.4 Å². The lowest BCUT2D eigenvalue weighted by molar-refractivity contribution is -0.151. The second-order valence-corrected chi connectivity index (χ2v) is 6.89. The van der Waals surface area contributed by atoms with Crippen molar-refractivity contribution in [1.82, 2.24) is 10.2 Å². The molecule has 1 aliphatic heterocycles. The third-order valence-corrected chi connectivity index (χ3v) is 5.13. The molecule has 5 nitrogen and oxygen atoms in total. The van der Waals surface area contributed by atoms with Crippen molar-refractivity contribution in [2.45, 2.75) is 56.2 Å². The molecule has 0 aromatic rings. The number of carbonyl (C=O) groups excluding carboxylic acids is 1. The molecule has 2 aliphatic carbocycles. The summed E-state index contributed by atoms with van der Waals surface area (Å²) in [5.41, 5.74) is -0.494. The zero-order chi connectivity index (χ0) is 14.9. The summed E-state index contributed by atoms with van der Waals surface area (Å²) in [7, 11) is 3.30. The second kappa shape index (κ2) is 6.23. The fourth-order valence-electron chi connectivity index (χ4n) is 3.63. The van der Waals surface area contributed by atoms with E-state index in [1.807, 2.05) is 0 Å². The van der Waals surface area contributed by atoms with Crippen LogP contribution < -0.4 is 5.32 Å². The van der Waals surface area contributed by atoms with Crippen LogP contribution in [0.4, 0.5) is 0 Å². The van der Waals surface area contributed by atoms with E-state index >= 15 is 0 Å². The smallest absolute Gasteiger partial charge is 0.327 e. The Hall–Kier alpha value is -0.650. The Kier molecular flexibility index (Phi) is 4.52. The van der Waals surface area contributed by atoms with E-state index in [0.717, 1.165) is 45.3 Å². The number of piperidine rings is 1. The SMILES string of the molecule is COC(=O)C(CN1CCCC(OC)C1)(NC1CC1)C1CC1. The number of hydrogen-bond acceptors (Lipinski definition) is 5. The first-order chi connectivity index (χ1) is 10.2. The zero-order valence-electron chi connectivity index (χ0n) is 13.3. The maximum atomic E-state index is 12.6. The van der Waals surface area contributed by atoms with Crippen molar-refractivity contribution in [2.24, 2.45) is 5.92 Å². The Morgan fingerprint density at radius 2 is 2.00 bits per heavy atom. The summed E-state index contributed by atoms with van der Waals surface area (Å²) in [5.74, 6) is 0.366. The first kappa shape index (κ1) is 15.3. The summed E-state index contributed by atoms with van der Waals surface area (Å²) < 4.78 is 10.7. The van der Waals surface area contributed by atoms with Gasteiger partial charge in [-0.25, -0.2) is 4.79 Å². The minimum atomic E-state index is -0.494. The normalized spacial score (nSPS) is 29.9. The molecule has 2 atom stereocenters. The fourth-order valence-corrected chi connectivity index (χ4v) is 3.63. The summed E-state index contributed by atoms with van der Waals surface area (Å²) in [4.78, 5) is 15.0. The van der Waals surface area contributed by atoms with Gasteiger partial charge in [0.1, 0.15) is 5.54 Å². The van der Waals surface area contributed by atoms with E-state index in [2.05, 4.69) is 10.2 Å². The molecule has 0 radical (unpaired) electrons. The fraction of sp³-hybridized carbons (Fsp3) is 0.938. The zero-order valence-corrected chi connectivity index (χ0v) is 13.3. The Balaban J connectivity index is 1.72. The summed E-state index contributed by atoms with van der Waals surface area (Å²) in [5, 5.41) is 3.64. The molecule has 1 N–H and O–H groups in total. The minimum Gasteiger partial charge on any atom is -0.468 e. The van der Waals surface area contributed by atoms with Crippen molar-refractivity contribution >= 4 is 5.97 Å². The number of carbonyl (C=O) groups is 1. The van der Waals surface area contributed by atoms with Crippen molar-refractivity contribution in [1.29, 1.82) is 0 Å². The lowest BCUT2D eigenvalue weighted by Crippen LogP contribution is -2.63. The van der Waals surface area contributed by atoms with Crippen molar-refractivity contribution in [3.8, 4) is 0 Å². The molecule has 1 heterocycles. The molecule has 0 amide bonds. The van der Waals surface area contributed by atoms with Gasteiger partial charge in [-0.3, -0.25) is 10.2 Å². The van der Waals surface area contributed by atoms with Gasteiger partial charge in [0, 0.05) is 26.2 Å². The third-order valence-electron chi connectivity index (χ3n) is 5.13. The molecule has 21 heavy (non-hydrogen) atoms. The molecule has 2 unspecified atom stereocenters. The number of nitrogens with zero attached hydrogens (tertiary/aromatic N) is 1. The first-order valence-corrected chi connectivity index (χ1v) is 8.29. The van der Waals surface area contributed by atoms with Gasteiger partial charge in [-0.1, -0.05) is 0 Å². The standard InChI is InChI=1S/C16H28N2O3/c1-20-14-4-3-9-18(10-14)11-16(12-5-6-12,15(19)21-2)17-13-7-8-13/h12-14,17H,3-11H2,1-2H3. The molecule has 120 valence electrons. The van der Waals surface area contributed by atoms with Crippen molar-refractivity contribution in [2.75, 3.05) is 33.9 Å². The first-order valence-electron chi connectivity index (χ1n) is 8.29. The van der Waals surface area contributed by atoms with Gasteiger partial charge in [-0.2, -0.15) is 0 Å². The predicted molar refractivity (Wildman–Crippen MR) is 80.1 cm³/mol. The number of esters is 1. The minimum absolute atomic E-state index is 0.0727. The number of ether oxygens (including phenoxy) is 2. The molecule has 0 bridgehead atoms. The third kappa shape index (κ3) is 3.41. The summed E-state index contributed by atoms with van der Waals surface area (Å²) in [6.07, 6.45) is 7.21. The molecule has 0 spiro atoms. The average Bonchev–Trinajstić information content (AvgIpc) is 3.38. The van der Waals surface area contributed by atoms with Gasteiger partial charge in [0.2, 0.25) is 0 Å². The van der Waals surface area contributed by atoms with E-state index in [1.54, 1.807) is 7.11 Å². The van der Waals surface area contributed by atoms with E-state index in [1.165, 1.54) is 20.0 Å². The Morgan fingerprint density at radius 3 is 2.57 bits per heavy atom. The van der Waals surface area contributed by atoms with Crippen LogP contribution in [-0.2, 0) is 14.3 Å². The molecular weight excluding hydrogens is 268 g/mol. The van der Waals surface area contributed by atoms with Crippen LogP contribution in [0.5, 0.6) is 0 Å². The Labute approximate surface area is 127 Å². The van der Waals surface area contributed by atoms with Crippen LogP contribution in [0.3, 0.4) is 0 Å². The van der Waals surface area contributed by atoms with Crippen molar-refractivity contribution in [3.05, 3.63) is 0 Å². The molecule has 3 fully saturated rings. The topological polar surface area (TPSA) is 50.8 Å². The van der Waals surface area contributed by atoms with Crippen LogP contribution in [0.25, 0.3) is 0 Å². The van der Waals surface area contributed by atoms with Crippen LogP contribution >= 0.6 is 0 Å². The number of methoxy groups -OCH3 is 2. The maximum Gasteiger partial charge on any atom is 0.327 e. The van der Waals surface area contributed by atoms with E-state index in [4.69, 9.17) is 9.47 Å². The van der Waals surface area contributed by atoms with Gasteiger partial charge in [0.25, 0.3) is 0 Å². The number of rotatable bonds is 7. The number of nitrogens with one attached hydrogen (secondary N) is 1. The van der Waals surface area contributed by atoms with Gasteiger partial charge in [-0.15, -0.1) is 0 Å². The summed E-state index contributed by atoms with van der Waals surface area (Å²) >= 11 is 0. The van der Waals surface area contributed by atoms with E-state index < -0.39 is 5.54 Å². The van der Waals surface area contributed by atoms with Gasteiger partial charge < -0.3 is 9.47 Å². The highest BCUT2D eigenvalue weighted by Gasteiger charge is 2.54. The molecule has 1 saturated heterocycles. The highest BCUT2D eigenvalue weighted by molar-refractivity contribution is 5.82. The van der Waals surface area contributed by atoms with Crippen LogP contribution in [0.2, 0.25) is 0 Å². The van der Waals surface area contributed by atoms with E-state index in [-0.39, 0.29) is 5.97 Å². The Bertz CT molecular complexity index is 382. The van der Waals surface area contributed by atoms with Crippen molar-refractivity contribution < 1.29 is 14.3 Å². The monoisotopic (exact) mass is 296 g/mol. The second-order valence-electron chi connectivity index (χ2n) is 6.89. The quantitative estimate of drug-likeness (QED) is 0.715. The average molecular weight is 296 g/mol. The molecule has 0 aromatic heterocycles. The van der Waals surface area contributed by atoms with Crippen LogP contribution in [0, 0.1) is 5.92 Å². The molecular formula is C16H28N2O3. The molecule has 2 saturated carbocycles. The Morgan fingerprint density at radius 1 is 1.24 bits per heavy atom. The van der Waals surface area contributed by atoms with E-state index in [0.29, 0.717) is 18.1 Å². The lowest BCUT2D eigenvalue weighted by atomic mass is 9.90. The van der Waals surface area contributed by atoms with Crippen molar-refractivity contribution in [3.63, 3.8) is 0 Å². The number of likely N-dealkylation sites (tertiary alicyclic amines) is 1. The van der Waals surface area contributed by atoms with Gasteiger partial charge >= 0.3 is 5.97 Å². The molecule has 0 aromatic carbocycles. The lowest BCUT2D eigenvalue weighted by Gasteiger charge is -2.40. The maximum absolute atomic E-state index is 12.6. The van der Waals surface area contributed by atoms with Gasteiger partial charge in [0.05, 0.1) is 13.2 Å². The van der Waals surface area contributed by atoms with Gasteiger partial charge in [-0.05, 0) is 51.0 Å². The van der Waals surface area contributed by atoms with E-state index in [9.17, 15) is 4.79 Å². The summed E-state index contributed by atoms with van der Waals surface area (Å²) in [6.45, 7) is 2.74. The highest BCUT2D eigenvalue weighted by Crippen LogP contribution is 2.43. The summed E-state index contributed by atoms with van der Waals surface area (Å²) in [6, 6.07) is 0.507. The predicted octanol–water partition coefficient (Wildman–Crippen LogP) is 1.17. The number of hydrogen-bond donors (Lipinski definition) is 1. The highest BCUT2D eigenvalue weighted by atomic mass is 16.5. The molecule has 3 rings (SSSR count). The van der Waals surface area contributed by atoms with Crippen LogP contribution in [0.15, 0.2) is 0 Å². The van der Waals surface area contributed by atoms with Crippen LogP contribution in [0.1, 0.15) is 38.5 Å². The van der Waals surface area contributed by atoms with Gasteiger partial charge in [0.15, 0.2) is 0 Å². The largest absolute Gasteiger partial charge is 0.468 e.